The molecular formula is C11H15NO4. The van der Waals surface area contributed by atoms with Crippen LogP contribution in [0.1, 0.15) is 0 Å². The monoisotopic (exact) mass is 225 g/mol. The number of ether oxygens (including phenoxy) is 3. The Morgan fingerprint density at radius 2 is 2.06 bits per heavy atom. The molecule has 0 fully saturated rings. The summed E-state index contributed by atoms with van der Waals surface area (Å²) in [6.07, 6.45) is 0. The number of esters is 1. The topological polar surface area (TPSA) is 70.8 Å². The molecule has 0 bridgehead atoms. The number of anilines is 1. The molecule has 0 aliphatic rings. The van der Waals surface area contributed by atoms with Crippen molar-refractivity contribution < 1.29 is 19.0 Å². The molecule has 1 aromatic rings. The van der Waals surface area contributed by atoms with E-state index in [0.717, 1.165) is 0 Å². The summed E-state index contributed by atoms with van der Waals surface area (Å²) in [6.45, 7) is 0.582. The third kappa shape index (κ3) is 4.18. The van der Waals surface area contributed by atoms with Gasteiger partial charge in [-0.05, 0) is 12.1 Å². The normalized spacial score (nSPS) is 9.81. The summed E-state index contributed by atoms with van der Waals surface area (Å²) in [7, 11) is 1.31. The number of methoxy groups -OCH3 is 1. The van der Waals surface area contributed by atoms with Crippen molar-refractivity contribution in [2.75, 3.05) is 32.7 Å². The zero-order valence-corrected chi connectivity index (χ0v) is 9.14. The van der Waals surface area contributed by atoms with Gasteiger partial charge in [0, 0.05) is 0 Å². The molecule has 0 saturated heterocycles. The van der Waals surface area contributed by atoms with Crippen LogP contribution in [0.5, 0.6) is 5.75 Å². The minimum Gasteiger partial charge on any atom is -0.489 e. The van der Waals surface area contributed by atoms with Gasteiger partial charge in [0.25, 0.3) is 0 Å². The van der Waals surface area contributed by atoms with Crippen LogP contribution in [-0.2, 0) is 14.3 Å². The van der Waals surface area contributed by atoms with Crippen molar-refractivity contribution in [3.63, 3.8) is 0 Å². The second-order valence-electron chi connectivity index (χ2n) is 3.02. The van der Waals surface area contributed by atoms with E-state index in [1.807, 2.05) is 12.1 Å². The molecule has 5 heteroatoms. The molecule has 88 valence electrons. The molecule has 0 spiro atoms. The lowest BCUT2D eigenvalue weighted by Gasteiger charge is -2.08. The van der Waals surface area contributed by atoms with Gasteiger partial charge in [0.15, 0.2) is 0 Å². The van der Waals surface area contributed by atoms with Gasteiger partial charge in [-0.2, -0.15) is 0 Å². The molecule has 0 atom stereocenters. The largest absolute Gasteiger partial charge is 0.489 e. The van der Waals surface area contributed by atoms with Crippen LogP contribution in [0, 0.1) is 0 Å². The van der Waals surface area contributed by atoms with Crippen molar-refractivity contribution in [3.05, 3.63) is 24.3 Å². The van der Waals surface area contributed by atoms with E-state index in [0.29, 0.717) is 24.7 Å². The summed E-state index contributed by atoms with van der Waals surface area (Å²) in [5.74, 6) is 0.211. The fourth-order valence-electron chi connectivity index (χ4n) is 1.04. The molecule has 0 unspecified atom stereocenters. The summed E-state index contributed by atoms with van der Waals surface area (Å²) in [5, 5.41) is 0. The fourth-order valence-corrected chi connectivity index (χ4v) is 1.04. The Bertz CT molecular complexity index is 341. The molecule has 2 N–H and O–H groups in total. The van der Waals surface area contributed by atoms with Crippen LogP contribution in [0.15, 0.2) is 24.3 Å². The Hall–Kier alpha value is -1.75. The molecule has 0 heterocycles. The van der Waals surface area contributed by atoms with Gasteiger partial charge in [-0.3, -0.25) is 0 Å². The first-order valence-corrected chi connectivity index (χ1v) is 4.86. The van der Waals surface area contributed by atoms with Crippen LogP contribution in [0.3, 0.4) is 0 Å². The van der Waals surface area contributed by atoms with Gasteiger partial charge in [0.1, 0.15) is 19.0 Å². The smallest absolute Gasteiger partial charge is 0.331 e. The van der Waals surface area contributed by atoms with E-state index in [9.17, 15) is 4.79 Å². The van der Waals surface area contributed by atoms with Gasteiger partial charge in [-0.1, -0.05) is 12.1 Å². The number of rotatable bonds is 6. The van der Waals surface area contributed by atoms with Crippen LogP contribution in [0.4, 0.5) is 5.69 Å². The molecule has 16 heavy (non-hydrogen) atoms. The van der Waals surface area contributed by atoms with Crippen LogP contribution in [0.2, 0.25) is 0 Å². The lowest BCUT2D eigenvalue weighted by atomic mass is 10.3. The first-order chi connectivity index (χ1) is 7.74. The standard InChI is InChI=1S/C11H15NO4/c1-14-11(13)8-15-6-7-16-10-5-3-2-4-9(10)12/h2-5H,6-8,12H2,1H3. The molecule has 0 saturated carbocycles. The number of nitrogens with two attached hydrogens (primary N) is 1. The highest BCUT2D eigenvalue weighted by atomic mass is 16.6. The quantitative estimate of drug-likeness (QED) is 0.441. The van der Waals surface area contributed by atoms with Crippen molar-refractivity contribution in [1.82, 2.24) is 0 Å². The molecule has 0 amide bonds. The van der Waals surface area contributed by atoms with Gasteiger partial charge in [0.2, 0.25) is 0 Å². The molecule has 0 aromatic heterocycles. The Kier molecular flexibility index (Phi) is 5.15. The highest BCUT2D eigenvalue weighted by molar-refractivity contribution is 5.70. The number of benzene rings is 1. The summed E-state index contributed by atoms with van der Waals surface area (Å²) < 4.78 is 14.8. The van der Waals surface area contributed by atoms with Crippen LogP contribution in [-0.4, -0.2) is 32.9 Å². The SMILES string of the molecule is COC(=O)COCCOc1ccccc1N. The first kappa shape index (κ1) is 12.3. The Morgan fingerprint density at radius 1 is 1.31 bits per heavy atom. The average Bonchev–Trinajstić information content (AvgIpc) is 2.30. The summed E-state index contributed by atoms with van der Waals surface area (Å²) in [5.41, 5.74) is 6.24. The minimum absolute atomic E-state index is 0.0653. The third-order valence-electron chi connectivity index (χ3n) is 1.85. The highest BCUT2D eigenvalue weighted by Crippen LogP contribution is 2.19. The number of carbonyl (C=O) groups is 1. The van der Waals surface area contributed by atoms with Crippen molar-refractivity contribution in [1.29, 1.82) is 0 Å². The Morgan fingerprint density at radius 3 is 2.75 bits per heavy atom. The molecular weight excluding hydrogens is 210 g/mol. The van der Waals surface area contributed by atoms with Gasteiger partial charge >= 0.3 is 5.97 Å². The Balaban J connectivity index is 2.17. The van der Waals surface area contributed by atoms with Crippen LogP contribution < -0.4 is 10.5 Å². The summed E-state index contributed by atoms with van der Waals surface area (Å²) in [4.78, 5) is 10.7. The van der Waals surface area contributed by atoms with Crippen molar-refractivity contribution in [2.45, 2.75) is 0 Å². The predicted molar refractivity (Wildman–Crippen MR) is 59.2 cm³/mol. The predicted octanol–water partition coefficient (Wildman–Crippen LogP) is 0.837. The highest BCUT2D eigenvalue weighted by Gasteiger charge is 2.00. The number of hydrogen-bond donors (Lipinski definition) is 1. The number of carbonyl (C=O) groups excluding carboxylic acids is 1. The molecule has 5 nitrogen and oxygen atoms in total. The number of nitrogen functional groups attached to an aromatic ring is 1. The van der Waals surface area contributed by atoms with Gasteiger partial charge < -0.3 is 19.9 Å². The van der Waals surface area contributed by atoms with Crippen LogP contribution >= 0.6 is 0 Å². The zero-order valence-electron chi connectivity index (χ0n) is 9.14. The lowest BCUT2D eigenvalue weighted by Crippen LogP contribution is -2.14. The molecule has 1 aromatic carbocycles. The van der Waals surface area contributed by atoms with Crippen molar-refractivity contribution in [3.8, 4) is 5.75 Å². The molecule has 1 rings (SSSR count). The zero-order chi connectivity index (χ0) is 11.8. The second kappa shape index (κ2) is 6.68. The fraction of sp³-hybridized carbons (Fsp3) is 0.364. The van der Waals surface area contributed by atoms with Gasteiger partial charge in [0.05, 0.1) is 19.4 Å². The summed E-state index contributed by atoms with van der Waals surface area (Å²) in [6, 6.07) is 7.19. The third-order valence-corrected chi connectivity index (χ3v) is 1.85. The van der Waals surface area contributed by atoms with Crippen LogP contribution in [0.25, 0.3) is 0 Å². The molecule has 0 aliphatic carbocycles. The maximum Gasteiger partial charge on any atom is 0.331 e. The van der Waals surface area contributed by atoms with E-state index in [2.05, 4.69) is 4.74 Å². The minimum atomic E-state index is -0.403. The van der Waals surface area contributed by atoms with Gasteiger partial charge in [-0.25, -0.2) is 4.79 Å². The lowest BCUT2D eigenvalue weighted by molar-refractivity contribution is -0.146. The summed E-state index contributed by atoms with van der Waals surface area (Å²) >= 11 is 0. The van der Waals surface area contributed by atoms with Crippen molar-refractivity contribution in [2.24, 2.45) is 0 Å². The Labute approximate surface area is 94.1 Å². The van der Waals surface area contributed by atoms with Gasteiger partial charge in [-0.15, -0.1) is 0 Å². The van der Waals surface area contributed by atoms with E-state index >= 15 is 0 Å². The number of hydrogen-bond acceptors (Lipinski definition) is 5. The van der Waals surface area contributed by atoms with E-state index in [1.165, 1.54) is 7.11 Å². The van der Waals surface area contributed by atoms with E-state index in [4.69, 9.17) is 15.2 Å². The molecule has 0 radical (unpaired) electrons. The maximum absolute atomic E-state index is 10.7. The van der Waals surface area contributed by atoms with E-state index < -0.39 is 5.97 Å². The average molecular weight is 225 g/mol. The van der Waals surface area contributed by atoms with Crippen molar-refractivity contribution >= 4 is 11.7 Å². The first-order valence-electron chi connectivity index (χ1n) is 4.86. The molecule has 0 aliphatic heterocycles. The van der Waals surface area contributed by atoms with E-state index in [-0.39, 0.29) is 6.61 Å². The number of para-hydroxylation sites is 2. The maximum atomic E-state index is 10.7. The van der Waals surface area contributed by atoms with E-state index in [1.54, 1.807) is 12.1 Å². The second-order valence-corrected chi connectivity index (χ2v) is 3.02.